The first-order valence-corrected chi connectivity index (χ1v) is 8.58. The van der Waals surface area contributed by atoms with Gasteiger partial charge in [-0.25, -0.2) is 4.79 Å². The molecule has 1 fully saturated rings. The lowest BCUT2D eigenvalue weighted by Gasteiger charge is -2.17. The van der Waals surface area contributed by atoms with Crippen LogP contribution in [0.5, 0.6) is 0 Å². The Morgan fingerprint density at radius 2 is 1.80 bits per heavy atom. The van der Waals surface area contributed by atoms with Gasteiger partial charge in [-0.1, -0.05) is 36.8 Å². The second-order valence-corrected chi connectivity index (χ2v) is 6.39. The monoisotopic (exact) mass is 337 g/mol. The standard InChI is InChI=1S/C20H23N3O2/c1-3-15-6-8-16(9-7-15)21-20(25)22-17-12-19(24)23(13-17)18-10-4-14(2)5-11-18/h4-11,17H,3,12-13H2,1-2H3,(H2,21,22,25)/t17-/m0/s1. The molecular weight excluding hydrogens is 314 g/mol. The van der Waals surface area contributed by atoms with Gasteiger partial charge < -0.3 is 15.5 Å². The fourth-order valence-corrected chi connectivity index (χ4v) is 2.95. The molecule has 0 unspecified atom stereocenters. The molecule has 3 rings (SSSR count). The van der Waals surface area contributed by atoms with Crippen LogP contribution in [0.3, 0.4) is 0 Å². The number of carbonyl (C=O) groups excluding carboxylic acids is 2. The minimum absolute atomic E-state index is 0.0291. The fourth-order valence-electron chi connectivity index (χ4n) is 2.95. The lowest BCUT2D eigenvalue weighted by Crippen LogP contribution is -2.39. The van der Waals surface area contributed by atoms with Crippen molar-refractivity contribution in [2.24, 2.45) is 0 Å². The first-order valence-electron chi connectivity index (χ1n) is 8.58. The van der Waals surface area contributed by atoms with Gasteiger partial charge in [-0.3, -0.25) is 4.79 Å². The van der Waals surface area contributed by atoms with E-state index in [0.29, 0.717) is 13.0 Å². The minimum Gasteiger partial charge on any atom is -0.333 e. The number of carbonyl (C=O) groups is 2. The zero-order chi connectivity index (χ0) is 17.8. The summed E-state index contributed by atoms with van der Waals surface area (Å²) in [7, 11) is 0. The zero-order valence-corrected chi connectivity index (χ0v) is 14.6. The van der Waals surface area contributed by atoms with Gasteiger partial charge in [0.1, 0.15) is 0 Å². The van der Waals surface area contributed by atoms with E-state index in [1.54, 1.807) is 4.90 Å². The number of hydrogen-bond donors (Lipinski definition) is 2. The van der Waals surface area contributed by atoms with E-state index in [9.17, 15) is 9.59 Å². The van der Waals surface area contributed by atoms with E-state index in [0.717, 1.165) is 23.4 Å². The largest absolute Gasteiger partial charge is 0.333 e. The molecule has 0 bridgehead atoms. The normalized spacial score (nSPS) is 16.8. The summed E-state index contributed by atoms with van der Waals surface area (Å²) in [6, 6.07) is 15.1. The maximum atomic E-state index is 12.2. The SMILES string of the molecule is CCc1ccc(NC(=O)N[C@H]2CC(=O)N(c3ccc(C)cc3)C2)cc1. The summed E-state index contributed by atoms with van der Waals surface area (Å²) in [4.78, 5) is 26.1. The maximum Gasteiger partial charge on any atom is 0.319 e. The van der Waals surface area contributed by atoms with Crippen LogP contribution in [0, 0.1) is 6.92 Å². The lowest BCUT2D eigenvalue weighted by molar-refractivity contribution is -0.117. The number of amides is 3. The van der Waals surface area contributed by atoms with Crippen molar-refractivity contribution in [3.05, 3.63) is 59.7 Å². The summed E-state index contributed by atoms with van der Waals surface area (Å²) < 4.78 is 0. The summed E-state index contributed by atoms with van der Waals surface area (Å²) in [5.74, 6) is 0.0291. The van der Waals surface area contributed by atoms with E-state index < -0.39 is 0 Å². The number of hydrogen-bond acceptors (Lipinski definition) is 2. The highest BCUT2D eigenvalue weighted by molar-refractivity contribution is 5.97. The van der Waals surface area contributed by atoms with Gasteiger partial charge in [-0.05, 0) is 43.2 Å². The summed E-state index contributed by atoms with van der Waals surface area (Å²) in [5, 5.41) is 5.70. The number of anilines is 2. The second-order valence-electron chi connectivity index (χ2n) is 6.39. The summed E-state index contributed by atoms with van der Waals surface area (Å²) in [6.45, 7) is 4.59. The lowest BCUT2D eigenvalue weighted by atomic mass is 10.1. The topological polar surface area (TPSA) is 61.4 Å². The fraction of sp³-hybridized carbons (Fsp3) is 0.300. The van der Waals surface area contributed by atoms with Crippen molar-refractivity contribution in [2.45, 2.75) is 32.7 Å². The van der Waals surface area contributed by atoms with Crippen LogP contribution in [0.4, 0.5) is 16.2 Å². The Morgan fingerprint density at radius 1 is 1.12 bits per heavy atom. The van der Waals surface area contributed by atoms with E-state index in [-0.39, 0.29) is 18.0 Å². The van der Waals surface area contributed by atoms with Crippen molar-refractivity contribution >= 4 is 23.3 Å². The van der Waals surface area contributed by atoms with Crippen molar-refractivity contribution in [3.63, 3.8) is 0 Å². The second kappa shape index (κ2) is 7.38. The Balaban J connectivity index is 1.57. The van der Waals surface area contributed by atoms with Crippen LogP contribution < -0.4 is 15.5 Å². The van der Waals surface area contributed by atoms with Gasteiger partial charge in [-0.2, -0.15) is 0 Å². The molecule has 5 heteroatoms. The molecule has 5 nitrogen and oxygen atoms in total. The Morgan fingerprint density at radius 3 is 2.44 bits per heavy atom. The molecule has 130 valence electrons. The first kappa shape index (κ1) is 17.0. The van der Waals surface area contributed by atoms with Crippen LogP contribution in [-0.4, -0.2) is 24.5 Å². The third kappa shape index (κ3) is 4.18. The minimum atomic E-state index is -0.284. The summed E-state index contributed by atoms with van der Waals surface area (Å²) in [6.07, 6.45) is 1.28. The van der Waals surface area contributed by atoms with Crippen LogP contribution in [0.2, 0.25) is 0 Å². The molecule has 1 aliphatic rings. The third-order valence-corrected chi connectivity index (χ3v) is 4.43. The van der Waals surface area contributed by atoms with Gasteiger partial charge >= 0.3 is 6.03 Å². The predicted molar refractivity (Wildman–Crippen MR) is 99.9 cm³/mol. The molecule has 3 amide bonds. The van der Waals surface area contributed by atoms with E-state index in [4.69, 9.17) is 0 Å². The number of rotatable bonds is 4. The van der Waals surface area contributed by atoms with Crippen molar-refractivity contribution in [1.82, 2.24) is 5.32 Å². The molecule has 0 aromatic heterocycles. The van der Waals surface area contributed by atoms with Crippen LogP contribution in [0.25, 0.3) is 0 Å². The number of benzene rings is 2. The van der Waals surface area contributed by atoms with Gasteiger partial charge in [0, 0.05) is 24.3 Å². The van der Waals surface area contributed by atoms with E-state index in [1.165, 1.54) is 5.56 Å². The molecule has 2 N–H and O–H groups in total. The highest BCUT2D eigenvalue weighted by Crippen LogP contribution is 2.22. The van der Waals surface area contributed by atoms with E-state index in [2.05, 4.69) is 17.6 Å². The van der Waals surface area contributed by atoms with Crippen molar-refractivity contribution in [2.75, 3.05) is 16.8 Å². The smallest absolute Gasteiger partial charge is 0.319 e. The first-order chi connectivity index (χ1) is 12.0. The molecule has 1 atom stereocenters. The van der Waals surface area contributed by atoms with Crippen LogP contribution >= 0.6 is 0 Å². The predicted octanol–water partition coefficient (Wildman–Crippen LogP) is 3.48. The zero-order valence-electron chi connectivity index (χ0n) is 14.6. The molecule has 0 spiro atoms. The van der Waals surface area contributed by atoms with Gasteiger partial charge in [-0.15, -0.1) is 0 Å². The van der Waals surface area contributed by atoms with Gasteiger partial charge in [0.05, 0.1) is 6.04 Å². The number of nitrogens with zero attached hydrogens (tertiary/aromatic N) is 1. The van der Waals surface area contributed by atoms with Crippen LogP contribution in [0.1, 0.15) is 24.5 Å². The molecule has 25 heavy (non-hydrogen) atoms. The highest BCUT2D eigenvalue weighted by atomic mass is 16.2. The Labute approximate surface area is 148 Å². The average molecular weight is 337 g/mol. The molecule has 2 aromatic rings. The molecule has 1 saturated heterocycles. The van der Waals surface area contributed by atoms with Crippen molar-refractivity contribution < 1.29 is 9.59 Å². The molecule has 0 saturated carbocycles. The van der Waals surface area contributed by atoms with Gasteiger partial charge in [0.2, 0.25) is 5.91 Å². The van der Waals surface area contributed by atoms with Crippen molar-refractivity contribution in [3.8, 4) is 0 Å². The highest BCUT2D eigenvalue weighted by Gasteiger charge is 2.31. The van der Waals surface area contributed by atoms with Gasteiger partial charge in [0.25, 0.3) is 0 Å². The number of aryl methyl sites for hydroxylation is 2. The summed E-state index contributed by atoms with van der Waals surface area (Å²) >= 11 is 0. The molecule has 0 aliphatic carbocycles. The number of nitrogens with one attached hydrogen (secondary N) is 2. The van der Waals surface area contributed by atoms with E-state index in [1.807, 2.05) is 55.5 Å². The molecule has 1 heterocycles. The Kier molecular flexibility index (Phi) is 5.03. The molecule has 0 radical (unpaired) electrons. The van der Waals surface area contributed by atoms with E-state index >= 15 is 0 Å². The summed E-state index contributed by atoms with van der Waals surface area (Å²) in [5.41, 5.74) is 3.99. The quantitative estimate of drug-likeness (QED) is 0.897. The Hall–Kier alpha value is -2.82. The average Bonchev–Trinajstić information content (AvgIpc) is 2.96. The van der Waals surface area contributed by atoms with Crippen LogP contribution in [0.15, 0.2) is 48.5 Å². The third-order valence-electron chi connectivity index (χ3n) is 4.43. The number of urea groups is 1. The molecule has 2 aromatic carbocycles. The molecular formula is C20H23N3O2. The Bertz CT molecular complexity index is 754. The van der Waals surface area contributed by atoms with Crippen LogP contribution in [-0.2, 0) is 11.2 Å². The maximum absolute atomic E-state index is 12.2. The van der Waals surface area contributed by atoms with Gasteiger partial charge in [0.15, 0.2) is 0 Å². The molecule has 1 aliphatic heterocycles. The van der Waals surface area contributed by atoms with Crippen molar-refractivity contribution in [1.29, 1.82) is 0 Å².